The number of ketones is 1. The lowest BCUT2D eigenvalue weighted by Crippen LogP contribution is -2.50. The Hall–Kier alpha value is -0.190. The molecule has 5 unspecified atom stereocenters. The number of fused-ring (bicyclic) bond motifs is 3. The zero-order valence-corrected chi connectivity index (χ0v) is 17.7. The third-order valence-corrected chi connectivity index (χ3v) is 7.39. The predicted octanol–water partition coefficient (Wildman–Crippen LogP) is 5.71. The third kappa shape index (κ3) is 4.39. The average molecular weight is 470 g/mol. The molecular formula is C21H26Br2O2. The molecule has 2 nitrogen and oxygen atoms in total. The molecule has 25 heavy (non-hydrogen) atoms. The maximum absolute atomic E-state index is 13.1. The van der Waals surface area contributed by atoms with Crippen LogP contribution in [-0.2, 0) is 9.53 Å². The lowest BCUT2D eigenvalue weighted by atomic mass is 9.67. The Morgan fingerprint density at radius 2 is 1.88 bits per heavy atom. The van der Waals surface area contributed by atoms with Crippen molar-refractivity contribution in [2.45, 2.75) is 44.1 Å². The standard InChI is InChI=1S/C21H26Br2O2/c1-2-6-15(14-7-4-3-5-8-14)10-19(24)21-18-9-17(13-23)20(25-21)11-16(18)12-22/h3-5,7-8,15-18,20H,1-2,6,9-13H2. The van der Waals surface area contributed by atoms with Gasteiger partial charge in [-0.2, -0.15) is 0 Å². The molecule has 0 N–H and O–H groups in total. The van der Waals surface area contributed by atoms with E-state index in [1.807, 2.05) is 18.2 Å². The predicted molar refractivity (Wildman–Crippen MR) is 109 cm³/mol. The van der Waals surface area contributed by atoms with E-state index < -0.39 is 0 Å². The van der Waals surface area contributed by atoms with Gasteiger partial charge in [-0.25, -0.2) is 0 Å². The van der Waals surface area contributed by atoms with Crippen molar-refractivity contribution in [2.24, 2.45) is 17.8 Å². The minimum Gasteiger partial charge on any atom is -0.360 e. The van der Waals surface area contributed by atoms with Gasteiger partial charge < -0.3 is 4.74 Å². The summed E-state index contributed by atoms with van der Waals surface area (Å²) in [4.78, 5) is 13.1. The van der Waals surface area contributed by atoms with Crippen molar-refractivity contribution in [3.63, 3.8) is 0 Å². The van der Waals surface area contributed by atoms with Crippen LogP contribution in [0.5, 0.6) is 0 Å². The van der Waals surface area contributed by atoms with Gasteiger partial charge in [0.2, 0.25) is 0 Å². The van der Waals surface area contributed by atoms with Crippen molar-refractivity contribution < 1.29 is 9.53 Å². The number of rotatable bonds is 8. The van der Waals surface area contributed by atoms with Gasteiger partial charge in [0.25, 0.3) is 0 Å². The number of carbonyl (C=O) groups is 1. The molecule has 5 atom stereocenters. The van der Waals surface area contributed by atoms with Crippen molar-refractivity contribution in [1.29, 1.82) is 0 Å². The van der Waals surface area contributed by atoms with E-state index in [1.165, 1.54) is 5.56 Å². The molecule has 4 rings (SSSR count). The first kappa shape index (κ1) is 19.6. The number of halogens is 2. The highest BCUT2D eigenvalue weighted by molar-refractivity contribution is 9.09. The molecule has 3 fully saturated rings. The summed E-state index contributed by atoms with van der Waals surface area (Å²) in [6.07, 6.45) is 5.37. The van der Waals surface area contributed by atoms with E-state index in [9.17, 15) is 4.79 Å². The van der Waals surface area contributed by atoms with Crippen LogP contribution in [0.2, 0.25) is 0 Å². The van der Waals surface area contributed by atoms with Crippen molar-refractivity contribution in [1.82, 2.24) is 0 Å². The highest BCUT2D eigenvalue weighted by atomic mass is 79.9. The molecule has 1 aromatic rings. The number of benzene rings is 1. The van der Waals surface area contributed by atoms with Gasteiger partial charge in [0.15, 0.2) is 11.9 Å². The number of hydrogen-bond acceptors (Lipinski definition) is 2. The van der Waals surface area contributed by atoms with Gasteiger partial charge in [0, 0.05) is 23.0 Å². The minimum atomic E-state index is 0.189. The number of ether oxygens (including phenoxy) is 1. The van der Waals surface area contributed by atoms with Crippen LogP contribution in [0.3, 0.4) is 0 Å². The van der Waals surface area contributed by atoms with Crippen molar-refractivity contribution >= 4 is 37.6 Å². The van der Waals surface area contributed by atoms with Crippen LogP contribution in [-0.4, -0.2) is 22.5 Å². The van der Waals surface area contributed by atoms with Gasteiger partial charge in [-0.3, -0.25) is 4.79 Å². The second-order valence-electron chi connectivity index (χ2n) is 7.30. The summed E-state index contributed by atoms with van der Waals surface area (Å²) in [5, 5.41) is 1.91. The first-order valence-electron chi connectivity index (χ1n) is 9.20. The van der Waals surface area contributed by atoms with E-state index in [0.29, 0.717) is 18.3 Å². The Bertz CT molecular complexity index is 562. The number of alkyl halides is 2. The van der Waals surface area contributed by atoms with Crippen LogP contribution in [0, 0.1) is 30.8 Å². The molecule has 1 saturated carbocycles. The zero-order chi connectivity index (χ0) is 17.8. The summed E-state index contributed by atoms with van der Waals surface area (Å²) in [6, 6.07) is 10.3. The largest absolute Gasteiger partial charge is 0.360 e. The Morgan fingerprint density at radius 1 is 1.16 bits per heavy atom. The van der Waals surface area contributed by atoms with Crippen molar-refractivity contribution in [3.05, 3.63) is 48.9 Å². The average Bonchev–Trinajstić information content (AvgIpc) is 2.67. The molecule has 2 aliphatic heterocycles. The highest BCUT2D eigenvalue weighted by Crippen LogP contribution is 2.50. The second kappa shape index (κ2) is 9.14. The fourth-order valence-corrected chi connectivity index (χ4v) is 5.73. The van der Waals surface area contributed by atoms with Gasteiger partial charge in [-0.1, -0.05) is 75.5 Å². The van der Waals surface area contributed by atoms with E-state index in [-0.39, 0.29) is 23.7 Å². The van der Waals surface area contributed by atoms with Gasteiger partial charge in [0.05, 0.1) is 6.10 Å². The quantitative estimate of drug-likeness (QED) is 0.456. The first-order chi connectivity index (χ1) is 12.2. The number of Topliss-reactive ketones (excluding diaryl/α,β-unsaturated/α-hetero) is 1. The minimum absolute atomic E-state index is 0.189. The van der Waals surface area contributed by atoms with Crippen LogP contribution >= 0.6 is 31.9 Å². The van der Waals surface area contributed by atoms with Crippen LogP contribution in [0.25, 0.3) is 0 Å². The molecule has 0 amide bonds. The van der Waals surface area contributed by atoms with Gasteiger partial charge in [-0.15, -0.1) is 0 Å². The fraction of sp³-hybridized carbons (Fsp3) is 0.571. The van der Waals surface area contributed by atoms with Crippen molar-refractivity contribution in [2.75, 3.05) is 10.7 Å². The van der Waals surface area contributed by atoms with Gasteiger partial charge >= 0.3 is 0 Å². The van der Waals surface area contributed by atoms with E-state index in [1.54, 1.807) is 0 Å². The molecule has 3 aliphatic rings. The summed E-state index contributed by atoms with van der Waals surface area (Å²) in [5.41, 5.74) is 1.23. The molecule has 0 aromatic heterocycles. The Kier molecular flexibility index (Phi) is 7.16. The summed E-state index contributed by atoms with van der Waals surface area (Å²) in [6.45, 7) is 3.99. The van der Waals surface area contributed by atoms with Crippen LogP contribution < -0.4 is 0 Å². The lowest BCUT2D eigenvalue weighted by Gasteiger charge is -2.49. The summed E-state index contributed by atoms with van der Waals surface area (Å²) < 4.78 is 6.20. The Balaban J connectivity index is 1.71. The monoisotopic (exact) mass is 468 g/mol. The maximum Gasteiger partial charge on any atom is 0.169 e. The molecular weight excluding hydrogens is 444 g/mol. The molecule has 1 aliphatic carbocycles. The van der Waals surface area contributed by atoms with E-state index in [0.717, 1.165) is 42.4 Å². The molecule has 2 saturated heterocycles. The Morgan fingerprint density at radius 3 is 2.48 bits per heavy atom. The first-order valence-corrected chi connectivity index (χ1v) is 11.4. The SMILES string of the molecule is [CH2]CCC(CC(=O)[C]1OC2CC(CBr)C1CC2CBr)c1ccccc1. The third-order valence-electron chi connectivity index (χ3n) is 5.73. The van der Waals surface area contributed by atoms with Gasteiger partial charge in [0.1, 0.15) is 0 Å². The summed E-state index contributed by atoms with van der Waals surface area (Å²) in [7, 11) is 0. The van der Waals surface area contributed by atoms with Crippen molar-refractivity contribution in [3.8, 4) is 0 Å². The van der Waals surface area contributed by atoms with Crippen LogP contribution in [0.1, 0.15) is 43.6 Å². The smallest absolute Gasteiger partial charge is 0.169 e. The molecule has 0 spiro atoms. The zero-order valence-electron chi connectivity index (χ0n) is 14.5. The normalized spacial score (nSPS) is 30.4. The molecule has 2 heterocycles. The summed E-state index contributed by atoms with van der Waals surface area (Å²) >= 11 is 7.25. The fourth-order valence-electron chi connectivity index (χ4n) is 4.33. The van der Waals surface area contributed by atoms with E-state index in [2.05, 4.69) is 50.9 Å². The topological polar surface area (TPSA) is 26.3 Å². The van der Waals surface area contributed by atoms with E-state index >= 15 is 0 Å². The highest BCUT2D eigenvalue weighted by Gasteiger charge is 2.50. The maximum atomic E-state index is 13.1. The molecule has 136 valence electrons. The lowest BCUT2D eigenvalue weighted by molar-refractivity contribution is -0.147. The molecule has 2 radical (unpaired) electrons. The summed E-state index contributed by atoms with van der Waals surface area (Å²) in [5.74, 6) is 1.77. The molecule has 1 aromatic carbocycles. The number of hydrogen-bond donors (Lipinski definition) is 0. The van der Waals surface area contributed by atoms with Gasteiger partial charge in [-0.05, 0) is 42.6 Å². The van der Waals surface area contributed by atoms with E-state index in [4.69, 9.17) is 4.74 Å². The second-order valence-corrected chi connectivity index (χ2v) is 8.60. The van der Waals surface area contributed by atoms with Crippen LogP contribution in [0.4, 0.5) is 0 Å². The molecule has 2 bridgehead atoms. The van der Waals surface area contributed by atoms with Crippen LogP contribution in [0.15, 0.2) is 30.3 Å². The number of carbonyl (C=O) groups excluding carboxylic acids is 1. The molecule has 4 heteroatoms. The Labute approximate surface area is 168 Å².